The molecule has 3 nitrogen and oxygen atoms in total. The lowest BCUT2D eigenvalue weighted by Gasteiger charge is -2.16. The van der Waals surface area contributed by atoms with Gasteiger partial charge < -0.3 is 5.11 Å². The lowest BCUT2D eigenvalue weighted by atomic mass is 10.1. The maximum atomic E-state index is 10.7. The van der Waals surface area contributed by atoms with E-state index in [0.29, 0.717) is 0 Å². The molecular formula is C9H9Cl2NO2. The van der Waals surface area contributed by atoms with E-state index >= 15 is 0 Å². The number of aliphatic carboxylic acids is 1. The Bertz CT molecular complexity index is 305. The van der Waals surface area contributed by atoms with Gasteiger partial charge in [-0.1, -0.05) is 30.3 Å². The molecule has 1 aromatic rings. The van der Waals surface area contributed by atoms with E-state index in [1.165, 1.54) is 0 Å². The molecule has 2 atom stereocenters. The molecule has 0 heterocycles. The average Bonchev–Trinajstić information content (AvgIpc) is 2.19. The Morgan fingerprint density at radius 3 is 2.36 bits per heavy atom. The number of hydrogen-bond donors (Lipinski definition) is 2. The van der Waals surface area contributed by atoms with Crippen molar-refractivity contribution < 1.29 is 9.90 Å². The molecule has 0 aliphatic heterocycles. The van der Waals surface area contributed by atoms with Gasteiger partial charge in [0.05, 0.1) is 5.38 Å². The van der Waals surface area contributed by atoms with Crippen molar-refractivity contribution in [1.82, 2.24) is 4.84 Å². The van der Waals surface area contributed by atoms with Crippen LogP contribution in [-0.4, -0.2) is 17.1 Å². The first-order valence-corrected chi connectivity index (χ1v) is 4.76. The highest BCUT2D eigenvalue weighted by molar-refractivity contribution is 6.24. The molecule has 0 aromatic heterocycles. The van der Waals surface area contributed by atoms with Gasteiger partial charge in [-0.3, -0.25) is 4.79 Å². The lowest BCUT2D eigenvalue weighted by molar-refractivity contribution is -0.139. The Morgan fingerprint density at radius 2 is 1.93 bits per heavy atom. The Morgan fingerprint density at radius 1 is 1.36 bits per heavy atom. The SMILES string of the molecule is O=C(O)[C@H](NCl)C(Cl)c1ccccc1. The maximum Gasteiger partial charge on any atom is 0.323 e. The Balaban J connectivity index is 2.83. The first-order chi connectivity index (χ1) is 6.66. The summed E-state index contributed by atoms with van der Waals surface area (Å²) in [7, 11) is 0. The number of nitrogens with one attached hydrogen (secondary N) is 1. The largest absolute Gasteiger partial charge is 0.480 e. The van der Waals surface area contributed by atoms with Crippen molar-refractivity contribution in [2.45, 2.75) is 11.4 Å². The van der Waals surface area contributed by atoms with Gasteiger partial charge in [0.2, 0.25) is 0 Å². The third-order valence-corrected chi connectivity index (χ3v) is 2.53. The van der Waals surface area contributed by atoms with Crippen molar-refractivity contribution in [3.05, 3.63) is 35.9 Å². The molecule has 0 spiro atoms. The predicted octanol–water partition coefficient (Wildman–Crippen LogP) is 2.16. The van der Waals surface area contributed by atoms with Crippen molar-refractivity contribution in [3.63, 3.8) is 0 Å². The molecule has 2 N–H and O–H groups in total. The topological polar surface area (TPSA) is 49.3 Å². The maximum absolute atomic E-state index is 10.7. The fraction of sp³-hybridized carbons (Fsp3) is 0.222. The van der Waals surface area contributed by atoms with E-state index in [2.05, 4.69) is 4.84 Å². The molecule has 14 heavy (non-hydrogen) atoms. The van der Waals surface area contributed by atoms with Crippen LogP contribution < -0.4 is 4.84 Å². The molecule has 0 saturated heterocycles. The second kappa shape index (κ2) is 5.20. The summed E-state index contributed by atoms with van der Waals surface area (Å²) < 4.78 is 0. The van der Waals surface area contributed by atoms with Gasteiger partial charge in [0.15, 0.2) is 0 Å². The van der Waals surface area contributed by atoms with Crippen LogP contribution in [0.5, 0.6) is 0 Å². The first-order valence-electron chi connectivity index (χ1n) is 3.94. The Kier molecular flexibility index (Phi) is 4.20. The molecule has 76 valence electrons. The molecule has 0 saturated carbocycles. The molecule has 0 aliphatic carbocycles. The summed E-state index contributed by atoms with van der Waals surface area (Å²) in [6, 6.07) is 7.91. The monoisotopic (exact) mass is 233 g/mol. The molecule has 1 unspecified atom stereocenters. The lowest BCUT2D eigenvalue weighted by Crippen LogP contribution is -2.34. The minimum absolute atomic E-state index is 0.689. The van der Waals surface area contributed by atoms with Crippen LogP contribution in [0, 0.1) is 0 Å². The van der Waals surface area contributed by atoms with E-state index in [9.17, 15) is 4.79 Å². The van der Waals surface area contributed by atoms with Gasteiger partial charge >= 0.3 is 5.97 Å². The number of alkyl halides is 1. The second-order valence-electron chi connectivity index (χ2n) is 2.74. The molecule has 0 bridgehead atoms. The number of rotatable bonds is 4. The zero-order valence-corrected chi connectivity index (χ0v) is 8.66. The number of carbonyl (C=O) groups is 1. The quantitative estimate of drug-likeness (QED) is 0.620. The van der Waals surface area contributed by atoms with Crippen LogP contribution in [0.25, 0.3) is 0 Å². The number of carboxylic acids is 1. The highest BCUT2D eigenvalue weighted by atomic mass is 35.5. The van der Waals surface area contributed by atoms with Gasteiger partial charge in [0.1, 0.15) is 6.04 Å². The summed E-state index contributed by atoms with van der Waals surface area (Å²) >= 11 is 11.2. The summed E-state index contributed by atoms with van der Waals surface area (Å²) in [4.78, 5) is 12.9. The van der Waals surface area contributed by atoms with Gasteiger partial charge in [0, 0.05) is 0 Å². The van der Waals surface area contributed by atoms with E-state index in [-0.39, 0.29) is 0 Å². The van der Waals surface area contributed by atoms with Crippen molar-refractivity contribution in [3.8, 4) is 0 Å². The summed E-state index contributed by atoms with van der Waals surface area (Å²) in [5.74, 6) is -1.08. The first kappa shape index (κ1) is 11.3. The van der Waals surface area contributed by atoms with Gasteiger partial charge in [0.25, 0.3) is 0 Å². The summed E-state index contributed by atoms with van der Waals surface area (Å²) in [6.07, 6.45) is 0. The molecule has 0 amide bonds. The minimum Gasteiger partial charge on any atom is -0.480 e. The van der Waals surface area contributed by atoms with Gasteiger partial charge in [-0.05, 0) is 17.3 Å². The fourth-order valence-corrected chi connectivity index (χ4v) is 1.66. The Hall–Kier alpha value is -0.770. The van der Waals surface area contributed by atoms with Crippen LogP contribution >= 0.6 is 23.4 Å². The van der Waals surface area contributed by atoms with E-state index < -0.39 is 17.4 Å². The number of hydrogen-bond acceptors (Lipinski definition) is 2. The number of halogens is 2. The third kappa shape index (κ3) is 2.61. The normalized spacial score (nSPS) is 14.7. The predicted molar refractivity (Wildman–Crippen MR) is 55.4 cm³/mol. The van der Waals surface area contributed by atoms with E-state index in [0.717, 1.165) is 5.56 Å². The minimum atomic E-state index is -1.08. The molecule has 0 aliphatic rings. The van der Waals surface area contributed by atoms with Crippen LogP contribution in [-0.2, 0) is 4.79 Å². The van der Waals surface area contributed by atoms with Crippen LogP contribution in [0.2, 0.25) is 0 Å². The van der Waals surface area contributed by atoms with Crippen molar-refractivity contribution in [2.24, 2.45) is 0 Å². The summed E-state index contributed by atoms with van der Waals surface area (Å²) in [6.45, 7) is 0. The smallest absolute Gasteiger partial charge is 0.323 e. The van der Waals surface area contributed by atoms with Gasteiger partial charge in [-0.25, -0.2) is 4.84 Å². The van der Waals surface area contributed by atoms with Gasteiger partial charge in [-0.15, -0.1) is 11.6 Å². The fourth-order valence-electron chi connectivity index (χ4n) is 1.06. The van der Waals surface area contributed by atoms with Crippen molar-refractivity contribution >= 4 is 29.3 Å². The highest BCUT2D eigenvalue weighted by Crippen LogP contribution is 2.24. The van der Waals surface area contributed by atoms with E-state index in [4.69, 9.17) is 28.5 Å². The second-order valence-corrected chi connectivity index (χ2v) is 3.43. The summed E-state index contributed by atoms with van der Waals surface area (Å²) in [5, 5.41) is 8.08. The van der Waals surface area contributed by atoms with Crippen LogP contribution in [0.4, 0.5) is 0 Å². The number of benzene rings is 1. The number of carboxylic acid groups (broad SMARTS) is 1. The van der Waals surface area contributed by atoms with Crippen LogP contribution in [0.15, 0.2) is 30.3 Å². The standard InChI is InChI=1S/C9H9Cl2NO2/c10-7(8(12-11)9(13)14)6-4-2-1-3-5-6/h1-5,7-8,12H,(H,13,14)/t7?,8-/m1/s1. The zero-order valence-electron chi connectivity index (χ0n) is 7.15. The zero-order chi connectivity index (χ0) is 10.6. The third-order valence-electron chi connectivity index (χ3n) is 1.79. The van der Waals surface area contributed by atoms with E-state index in [1.807, 2.05) is 6.07 Å². The Labute approximate surface area is 91.8 Å². The van der Waals surface area contributed by atoms with E-state index in [1.54, 1.807) is 24.3 Å². The van der Waals surface area contributed by atoms with Crippen LogP contribution in [0.1, 0.15) is 10.9 Å². The molecule has 0 radical (unpaired) electrons. The molecular weight excluding hydrogens is 225 g/mol. The highest BCUT2D eigenvalue weighted by Gasteiger charge is 2.26. The molecule has 5 heteroatoms. The van der Waals surface area contributed by atoms with Crippen molar-refractivity contribution in [2.75, 3.05) is 0 Å². The average molecular weight is 234 g/mol. The van der Waals surface area contributed by atoms with Crippen LogP contribution in [0.3, 0.4) is 0 Å². The van der Waals surface area contributed by atoms with Crippen molar-refractivity contribution in [1.29, 1.82) is 0 Å². The molecule has 1 aromatic carbocycles. The molecule has 0 fully saturated rings. The summed E-state index contributed by atoms with van der Waals surface area (Å²) in [5.41, 5.74) is 0.717. The van der Waals surface area contributed by atoms with Gasteiger partial charge in [-0.2, -0.15) is 0 Å². The molecule has 1 rings (SSSR count).